The third kappa shape index (κ3) is 7.15. The van der Waals surface area contributed by atoms with E-state index < -0.39 is 121 Å². The first-order valence-corrected chi connectivity index (χ1v) is 18.7. The van der Waals surface area contributed by atoms with E-state index in [1.807, 2.05) is 5.32 Å². The second kappa shape index (κ2) is 13.1. The van der Waals surface area contributed by atoms with Crippen molar-refractivity contribution < 1.29 is 58.3 Å². The van der Waals surface area contributed by atoms with Crippen LogP contribution in [-0.4, -0.2) is 35.6 Å². The Morgan fingerprint density at radius 1 is 0.959 bits per heavy atom. The Bertz CT molecular complexity index is 1860. The maximum atomic E-state index is 15.1. The summed E-state index contributed by atoms with van der Waals surface area (Å²) in [4.78, 5) is 38.0. The molecule has 6 nitrogen and oxygen atoms in total. The second-order valence-electron chi connectivity index (χ2n) is 11.0. The summed E-state index contributed by atoms with van der Waals surface area (Å²) in [6.45, 7) is 1.07. The van der Waals surface area contributed by atoms with Crippen LogP contribution in [0.1, 0.15) is 34.3 Å². The van der Waals surface area contributed by atoms with Crippen LogP contribution < -0.4 is 16.0 Å². The molecule has 3 N–H and O–H groups in total. The summed E-state index contributed by atoms with van der Waals surface area (Å²) in [5.74, 6) is -12.4. The topological polar surface area (TPSA) is 87.3 Å². The fraction of sp³-hybridized carbons (Fsp3) is 0.300. The van der Waals surface area contributed by atoms with Crippen molar-refractivity contribution in [3.63, 3.8) is 0 Å². The number of carbonyl (C=O) groups excluding carboxylic acids is 3. The number of carbonyl (C=O) groups is 3. The third-order valence-electron chi connectivity index (χ3n) is 7.92. The van der Waals surface area contributed by atoms with E-state index in [4.69, 9.17) is 23.2 Å². The first kappa shape index (κ1) is 36.9. The molecule has 1 aliphatic heterocycles. The Kier molecular flexibility index (Phi) is 9.88. The number of hydrogen-bond donors (Lipinski definition) is 3. The minimum Gasteiger partial charge on any atom is -0.215 e. The molecule has 1 saturated carbocycles. The zero-order valence-electron chi connectivity index (χ0n) is 24.3. The molecule has 4 atom stereocenters. The monoisotopic (exact) mass is 857 g/mol. The predicted octanol–water partition coefficient (Wildman–Crippen LogP) is 8.42. The van der Waals surface area contributed by atoms with Crippen LogP contribution in [0, 0.1) is 23.5 Å². The number of benzene rings is 2. The molecular weight excluding hydrogens is 838 g/mol. The van der Waals surface area contributed by atoms with Crippen molar-refractivity contribution >= 4 is 66.4 Å². The van der Waals surface area contributed by atoms with Gasteiger partial charge in [0, 0.05) is 5.92 Å². The van der Waals surface area contributed by atoms with Gasteiger partial charge in [0.15, 0.2) is 0 Å². The molecule has 0 bridgehead atoms. The molecule has 2 aromatic rings. The Balaban J connectivity index is 1.41. The minimum absolute atomic E-state index is 0.0203. The summed E-state index contributed by atoms with van der Waals surface area (Å²) in [6, 6.07) is 3.87. The Hall–Kier alpha value is -3.32. The zero-order chi connectivity index (χ0) is 36.4. The SMILES string of the molecule is C[C@H]1C(NC(=O)C(F)(F)F)=CC(NC(=O)c2cc(NC(=O)[C@H]3[C@H](c4ccc(F)c(C(F)(F)F)c4)C3(Cl)I3CC3)cc(F)c2Cl)=C(F)/C1=C\F. The average Bonchev–Trinajstić information content (AvgIpc) is 3.93. The van der Waals surface area contributed by atoms with Crippen molar-refractivity contribution in [3.05, 3.63) is 98.9 Å². The van der Waals surface area contributed by atoms with E-state index >= 15 is 4.39 Å². The molecule has 0 spiro atoms. The number of hydrogen-bond acceptors (Lipinski definition) is 3. The van der Waals surface area contributed by atoms with Gasteiger partial charge in [0.1, 0.15) is 0 Å². The number of alkyl halides is 10. The number of allylic oxidation sites excluding steroid dienone is 3. The van der Waals surface area contributed by atoms with Gasteiger partial charge in [-0.2, -0.15) is 13.2 Å². The standard InChI is InChI=1S/C30H20Cl2F10IN3O3/c1-11-15(10-33)24(36)20(9-19(11)46-27(49)30(40,41)42)45-25(47)14-7-13(8-18(35)23(14)31)44-26(48)22-21(28(22,32)43-4-5-43)12-2-3-17(34)16(6-12)29(37,38)39/h2-3,6-11,21-22H,4-5H2,1H3,(H,44,48)(H,45,47)(H,46,49)/b15-10-/t11-,21+,22-,28?/m1/s1. The van der Waals surface area contributed by atoms with Crippen molar-refractivity contribution in [2.45, 2.75) is 28.1 Å². The van der Waals surface area contributed by atoms with Gasteiger partial charge in [-0.25, -0.2) is 4.39 Å². The van der Waals surface area contributed by atoms with E-state index in [1.54, 1.807) is 0 Å². The zero-order valence-corrected chi connectivity index (χ0v) is 28.0. The minimum atomic E-state index is -5.37. The molecule has 2 aromatic carbocycles. The quantitative estimate of drug-likeness (QED) is 0.149. The van der Waals surface area contributed by atoms with Gasteiger partial charge in [-0.3, -0.25) is 4.79 Å². The van der Waals surface area contributed by atoms with Gasteiger partial charge < -0.3 is 5.32 Å². The molecule has 0 aromatic heterocycles. The summed E-state index contributed by atoms with van der Waals surface area (Å²) < 4.78 is 136. The van der Waals surface area contributed by atoms with Gasteiger partial charge in [-0.05, 0) is 0 Å². The van der Waals surface area contributed by atoms with Gasteiger partial charge in [-0.15, -0.1) is 0 Å². The normalized spacial score (nSPS) is 25.2. The molecule has 0 radical (unpaired) electrons. The average molecular weight is 858 g/mol. The van der Waals surface area contributed by atoms with E-state index in [9.17, 15) is 53.9 Å². The van der Waals surface area contributed by atoms with Gasteiger partial charge >= 0.3 is 241 Å². The molecule has 49 heavy (non-hydrogen) atoms. The van der Waals surface area contributed by atoms with Crippen molar-refractivity contribution in [2.24, 2.45) is 11.8 Å². The fourth-order valence-corrected chi connectivity index (χ4v) is 13.2. The second-order valence-corrected chi connectivity index (χ2v) is 19.2. The van der Waals surface area contributed by atoms with Crippen molar-refractivity contribution in [1.82, 2.24) is 10.6 Å². The van der Waals surface area contributed by atoms with Crippen LogP contribution in [0.2, 0.25) is 5.02 Å². The van der Waals surface area contributed by atoms with Crippen LogP contribution in [0.15, 0.2) is 65.5 Å². The maximum absolute atomic E-state index is 15.1. The Morgan fingerprint density at radius 2 is 1.61 bits per heavy atom. The van der Waals surface area contributed by atoms with Gasteiger partial charge in [0.25, 0.3) is 0 Å². The van der Waals surface area contributed by atoms with Crippen molar-refractivity contribution in [3.8, 4) is 0 Å². The number of nitrogens with one attached hydrogen (secondary N) is 3. The number of anilines is 1. The molecule has 2 aliphatic carbocycles. The number of rotatable bonds is 7. The fourth-order valence-electron chi connectivity index (χ4n) is 5.35. The third-order valence-corrected chi connectivity index (χ3v) is 16.0. The molecule has 5 rings (SSSR count). The Labute approximate surface area is 287 Å². The smallest absolute Gasteiger partial charge is 0.215 e. The summed E-state index contributed by atoms with van der Waals surface area (Å²) in [7, 11) is 0. The molecule has 1 unspecified atom stereocenters. The molecule has 1 heterocycles. The van der Waals surface area contributed by atoms with Crippen LogP contribution in [0.25, 0.3) is 0 Å². The van der Waals surface area contributed by atoms with Gasteiger partial charge in [0.2, 0.25) is 0 Å². The van der Waals surface area contributed by atoms with Crippen molar-refractivity contribution in [1.29, 1.82) is 0 Å². The molecule has 1 saturated heterocycles. The van der Waals surface area contributed by atoms with Gasteiger partial charge in [-0.1, -0.05) is 6.92 Å². The van der Waals surface area contributed by atoms with E-state index in [0.717, 1.165) is 19.1 Å². The Morgan fingerprint density at radius 3 is 2.18 bits per heavy atom. The van der Waals surface area contributed by atoms with Crippen LogP contribution in [-0.2, 0) is 15.8 Å². The molecule has 3 aliphatic rings. The van der Waals surface area contributed by atoms with Crippen LogP contribution in [0.4, 0.5) is 49.6 Å². The van der Waals surface area contributed by atoms with E-state index in [0.29, 0.717) is 33.1 Å². The van der Waals surface area contributed by atoms with Gasteiger partial charge in [0.05, 0.1) is 6.33 Å². The van der Waals surface area contributed by atoms with Crippen LogP contribution in [0.3, 0.4) is 0 Å². The van der Waals surface area contributed by atoms with Crippen LogP contribution >= 0.6 is 43.0 Å². The molecule has 2 fully saturated rings. The molecule has 264 valence electrons. The van der Waals surface area contributed by atoms with E-state index in [2.05, 4.69) is 5.32 Å². The number of amides is 3. The van der Waals surface area contributed by atoms with Crippen LogP contribution in [0.5, 0.6) is 0 Å². The summed E-state index contributed by atoms with van der Waals surface area (Å²) >= 11 is 10.8. The first-order valence-electron chi connectivity index (χ1n) is 13.8. The number of halogens is 13. The van der Waals surface area contributed by atoms with E-state index in [1.165, 1.54) is 5.32 Å². The van der Waals surface area contributed by atoms with E-state index in [-0.39, 0.29) is 17.6 Å². The predicted molar refractivity (Wildman–Crippen MR) is 166 cm³/mol. The summed E-state index contributed by atoms with van der Waals surface area (Å²) in [5, 5.41) is 4.92. The summed E-state index contributed by atoms with van der Waals surface area (Å²) in [6.07, 6.45) is -10.1. The van der Waals surface area contributed by atoms with Crippen molar-refractivity contribution in [2.75, 3.05) is 14.2 Å². The first-order chi connectivity index (χ1) is 22.7. The molecule has 3 amide bonds. The summed E-state index contributed by atoms with van der Waals surface area (Å²) in [5.41, 5.74) is -5.09. The molecule has 19 heteroatoms. The molecular formula is C30H20Cl2F10IN3O3.